The lowest BCUT2D eigenvalue weighted by Gasteiger charge is -2.37. The van der Waals surface area contributed by atoms with E-state index in [2.05, 4.69) is 33.6 Å². The molecule has 2 aromatic heterocycles. The van der Waals surface area contributed by atoms with Crippen LogP contribution in [-0.4, -0.2) is 41.3 Å². The summed E-state index contributed by atoms with van der Waals surface area (Å²) < 4.78 is 0. The van der Waals surface area contributed by atoms with E-state index in [1.165, 1.54) is 15.8 Å². The average Bonchev–Trinajstić information content (AvgIpc) is 2.90. The predicted molar refractivity (Wildman–Crippen MR) is 99.4 cm³/mol. The van der Waals surface area contributed by atoms with Crippen LogP contribution in [0.5, 0.6) is 5.75 Å². The van der Waals surface area contributed by atoms with Gasteiger partial charge in [0.2, 0.25) is 0 Å². The van der Waals surface area contributed by atoms with E-state index in [9.17, 15) is 5.11 Å². The number of aryl methyl sites for hydroxylation is 2. The number of benzene rings is 1. The molecule has 3 heterocycles. The Morgan fingerprint density at radius 2 is 1.62 bits per heavy atom. The smallest absolute Gasteiger partial charge is 0.141 e. The van der Waals surface area contributed by atoms with Gasteiger partial charge in [0, 0.05) is 36.7 Å². The first kappa shape index (κ1) is 15.2. The van der Waals surface area contributed by atoms with Crippen molar-refractivity contribution >= 4 is 33.1 Å². The van der Waals surface area contributed by atoms with Gasteiger partial charge in [-0.05, 0) is 43.7 Å². The molecule has 4 rings (SSSR count). The van der Waals surface area contributed by atoms with E-state index in [1.54, 1.807) is 29.8 Å². The van der Waals surface area contributed by atoms with Crippen LogP contribution in [0.25, 0.3) is 10.2 Å². The molecule has 0 amide bonds. The van der Waals surface area contributed by atoms with Gasteiger partial charge in [0.1, 0.15) is 22.7 Å². The van der Waals surface area contributed by atoms with E-state index >= 15 is 0 Å². The van der Waals surface area contributed by atoms with Crippen molar-refractivity contribution in [3.63, 3.8) is 0 Å². The van der Waals surface area contributed by atoms with Crippen LogP contribution in [0.3, 0.4) is 0 Å². The Morgan fingerprint density at radius 1 is 0.958 bits per heavy atom. The van der Waals surface area contributed by atoms with E-state index in [0.29, 0.717) is 5.75 Å². The fraction of sp³-hybridized carbons (Fsp3) is 0.333. The summed E-state index contributed by atoms with van der Waals surface area (Å²) in [4.78, 5) is 16.1. The topological polar surface area (TPSA) is 52.5 Å². The maximum absolute atomic E-state index is 9.43. The quantitative estimate of drug-likeness (QED) is 0.775. The summed E-state index contributed by atoms with van der Waals surface area (Å²) in [5.41, 5.74) is 2.45. The van der Waals surface area contributed by atoms with Crippen LogP contribution in [0.1, 0.15) is 10.4 Å². The summed E-state index contributed by atoms with van der Waals surface area (Å²) in [5, 5.41) is 10.6. The van der Waals surface area contributed by atoms with Gasteiger partial charge < -0.3 is 14.9 Å². The molecule has 5 nitrogen and oxygen atoms in total. The van der Waals surface area contributed by atoms with Gasteiger partial charge in [-0.3, -0.25) is 0 Å². The first-order chi connectivity index (χ1) is 11.6. The van der Waals surface area contributed by atoms with Crippen molar-refractivity contribution in [2.24, 2.45) is 0 Å². The number of aromatic nitrogens is 2. The van der Waals surface area contributed by atoms with Gasteiger partial charge in [-0.15, -0.1) is 11.3 Å². The molecule has 0 saturated carbocycles. The third-order valence-electron chi connectivity index (χ3n) is 4.74. The maximum Gasteiger partial charge on any atom is 0.141 e. The number of hydrogen-bond donors (Lipinski definition) is 1. The van der Waals surface area contributed by atoms with Crippen LogP contribution < -0.4 is 9.80 Å². The highest BCUT2D eigenvalue weighted by atomic mass is 32.1. The molecule has 24 heavy (non-hydrogen) atoms. The second-order valence-corrected chi connectivity index (χ2v) is 7.35. The zero-order valence-corrected chi connectivity index (χ0v) is 14.7. The minimum absolute atomic E-state index is 0.309. The molecule has 1 aliphatic rings. The molecule has 0 atom stereocenters. The number of thiophene rings is 1. The van der Waals surface area contributed by atoms with E-state index in [0.717, 1.165) is 42.5 Å². The second-order valence-electron chi connectivity index (χ2n) is 6.15. The monoisotopic (exact) mass is 340 g/mol. The first-order valence-electron chi connectivity index (χ1n) is 8.13. The minimum atomic E-state index is 0.309. The lowest BCUT2D eigenvalue weighted by Crippen LogP contribution is -2.46. The number of phenols is 1. The highest BCUT2D eigenvalue weighted by Crippen LogP contribution is 2.34. The number of phenolic OH excluding ortho intramolecular Hbond substituents is 1. The lowest BCUT2D eigenvalue weighted by atomic mass is 10.2. The third kappa shape index (κ3) is 2.57. The highest BCUT2D eigenvalue weighted by Gasteiger charge is 2.22. The average molecular weight is 340 g/mol. The van der Waals surface area contributed by atoms with Crippen molar-refractivity contribution in [3.05, 3.63) is 41.0 Å². The van der Waals surface area contributed by atoms with Crippen molar-refractivity contribution in [1.82, 2.24) is 9.97 Å². The summed E-state index contributed by atoms with van der Waals surface area (Å²) in [6, 6.07) is 7.43. The Bertz CT molecular complexity index is 867. The molecule has 3 aromatic rings. The summed E-state index contributed by atoms with van der Waals surface area (Å²) in [6.07, 6.45) is 1.68. The summed E-state index contributed by atoms with van der Waals surface area (Å²) in [7, 11) is 0. The van der Waals surface area contributed by atoms with E-state index in [-0.39, 0.29) is 0 Å². The number of aromatic hydroxyl groups is 1. The van der Waals surface area contributed by atoms with Crippen molar-refractivity contribution in [3.8, 4) is 5.75 Å². The largest absolute Gasteiger partial charge is 0.508 e. The zero-order chi connectivity index (χ0) is 16.7. The van der Waals surface area contributed by atoms with E-state index in [1.807, 2.05) is 12.1 Å². The standard InChI is InChI=1S/C18H20N4OS/c1-12-13(2)24-18-16(12)17(19-11-20-18)22-9-7-21(8-10-22)14-3-5-15(23)6-4-14/h3-6,11,23H,7-10H2,1-2H3. The number of hydrogen-bond acceptors (Lipinski definition) is 6. The van der Waals surface area contributed by atoms with Gasteiger partial charge in [0.15, 0.2) is 0 Å². The molecule has 0 unspecified atom stereocenters. The Hall–Kier alpha value is -2.34. The molecular weight excluding hydrogens is 320 g/mol. The van der Waals surface area contributed by atoms with Gasteiger partial charge in [0.05, 0.1) is 5.39 Å². The van der Waals surface area contributed by atoms with Gasteiger partial charge in [0.25, 0.3) is 0 Å². The zero-order valence-electron chi connectivity index (χ0n) is 13.9. The molecule has 0 spiro atoms. The third-order valence-corrected chi connectivity index (χ3v) is 5.85. The van der Waals surface area contributed by atoms with Crippen LogP contribution >= 0.6 is 11.3 Å². The van der Waals surface area contributed by atoms with Crippen LogP contribution in [0, 0.1) is 13.8 Å². The van der Waals surface area contributed by atoms with Gasteiger partial charge >= 0.3 is 0 Å². The second kappa shape index (κ2) is 5.94. The Kier molecular flexibility index (Phi) is 3.76. The fourth-order valence-corrected chi connectivity index (χ4v) is 4.23. The summed E-state index contributed by atoms with van der Waals surface area (Å²) in [6.45, 7) is 8.06. The molecule has 6 heteroatoms. The number of piperazine rings is 1. The maximum atomic E-state index is 9.43. The molecular formula is C18H20N4OS. The Balaban J connectivity index is 1.57. The molecule has 1 saturated heterocycles. The van der Waals surface area contributed by atoms with Crippen molar-refractivity contribution in [2.45, 2.75) is 13.8 Å². The Labute approximate surface area is 145 Å². The van der Waals surface area contributed by atoms with Gasteiger partial charge in [-0.1, -0.05) is 0 Å². The van der Waals surface area contributed by atoms with Crippen molar-refractivity contribution < 1.29 is 5.11 Å². The summed E-state index contributed by atoms with van der Waals surface area (Å²) >= 11 is 1.74. The van der Waals surface area contributed by atoms with Crippen LogP contribution in [0.15, 0.2) is 30.6 Å². The summed E-state index contributed by atoms with van der Waals surface area (Å²) in [5.74, 6) is 1.37. The molecule has 1 N–H and O–H groups in total. The SMILES string of the molecule is Cc1sc2ncnc(N3CCN(c4ccc(O)cc4)CC3)c2c1C. The minimum Gasteiger partial charge on any atom is -0.508 e. The molecule has 0 bridgehead atoms. The van der Waals surface area contributed by atoms with Crippen LogP contribution in [0.2, 0.25) is 0 Å². The Morgan fingerprint density at radius 3 is 2.33 bits per heavy atom. The number of anilines is 2. The highest BCUT2D eigenvalue weighted by molar-refractivity contribution is 7.18. The molecule has 1 fully saturated rings. The lowest BCUT2D eigenvalue weighted by molar-refractivity contribution is 0.475. The molecule has 0 radical (unpaired) electrons. The van der Waals surface area contributed by atoms with Crippen LogP contribution in [-0.2, 0) is 0 Å². The normalized spacial score (nSPS) is 15.2. The predicted octanol–water partition coefficient (Wildman–Crippen LogP) is 3.34. The fourth-order valence-electron chi connectivity index (χ4n) is 3.24. The first-order valence-corrected chi connectivity index (χ1v) is 8.95. The van der Waals surface area contributed by atoms with Gasteiger partial charge in [-0.25, -0.2) is 9.97 Å². The van der Waals surface area contributed by atoms with Crippen molar-refractivity contribution in [1.29, 1.82) is 0 Å². The van der Waals surface area contributed by atoms with Crippen LogP contribution in [0.4, 0.5) is 11.5 Å². The molecule has 1 aromatic carbocycles. The molecule has 1 aliphatic heterocycles. The van der Waals surface area contributed by atoms with Gasteiger partial charge in [-0.2, -0.15) is 0 Å². The van der Waals surface area contributed by atoms with Crippen molar-refractivity contribution in [2.75, 3.05) is 36.0 Å². The number of rotatable bonds is 2. The molecule has 0 aliphatic carbocycles. The van der Waals surface area contributed by atoms with E-state index < -0.39 is 0 Å². The molecule has 124 valence electrons. The number of nitrogens with zero attached hydrogens (tertiary/aromatic N) is 4. The number of fused-ring (bicyclic) bond motifs is 1. The van der Waals surface area contributed by atoms with E-state index in [4.69, 9.17) is 0 Å².